The van der Waals surface area contributed by atoms with E-state index in [1.807, 2.05) is 30.4 Å². The molecule has 1 aliphatic heterocycles. The molecule has 0 aromatic carbocycles. The lowest BCUT2D eigenvalue weighted by Gasteiger charge is -2.22. The number of carboxylic acids is 1. The lowest BCUT2D eigenvalue weighted by Crippen LogP contribution is -2.49. The van der Waals surface area contributed by atoms with Gasteiger partial charge in [0.15, 0.2) is 0 Å². The molecule has 140 valence electrons. The van der Waals surface area contributed by atoms with Crippen molar-refractivity contribution in [3.05, 3.63) is 0 Å². The van der Waals surface area contributed by atoms with E-state index in [9.17, 15) is 19.2 Å². The normalized spacial score (nSPS) is 22.5. The van der Waals surface area contributed by atoms with Crippen molar-refractivity contribution in [2.45, 2.75) is 49.1 Å². The number of carbonyl (C=O) groups is 4. The average Bonchev–Trinajstić information content (AvgIpc) is 3.21. The summed E-state index contributed by atoms with van der Waals surface area (Å²) in [6.45, 7) is 1.24. The largest absolute Gasteiger partial charge is 0.480 e. The van der Waals surface area contributed by atoms with Crippen LogP contribution in [-0.2, 0) is 19.2 Å². The Morgan fingerprint density at radius 3 is 2.52 bits per heavy atom. The Bertz CT molecular complexity index is 549. The van der Waals surface area contributed by atoms with Gasteiger partial charge in [-0.15, -0.1) is 23.5 Å². The minimum absolute atomic E-state index is 0.132. The van der Waals surface area contributed by atoms with Crippen LogP contribution < -0.4 is 10.6 Å². The van der Waals surface area contributed by atoms with Crippen LogP contribution in [0.2, 0.25) is 0 Å². The highest BCUT2D eigenvalue weighted by atomic mass is 32.2. The molecule has 3 N–H and O–H groups in total. The summed E-state index contributed by atoms with van der Waals surface area (Å²) in [7, 11) is 0. The highest BCUT2D eigenvalue weighted by Crippen LogP contribution is 2.55. The maximum atomic E-state index is 12.6. The van der Waals surface area contributed by atoms with Crippen molar-refractivity contribution >= 4 is 47.1 Å². The van der Waals surface area contributed by atoms with Gasteiger partial charge in [-0.25, -0.2) is 0 Å². The molecule has 0 aromatic rings. The second kappa shape index (κ2) is 8.93. The number of carboxylic acid groups (broad SMARTS) is 1. The van der Waals surface area contributed by atoms with Gasteiger partial charge in [0.2, 0.25) is 11.7 Å². The molecular formula is C16H24N2O5S2. The maximum absolute atomic E-state index is 12.6. The molecule has 2 atom stereocenters. The molecule has 2 aliphatic rings. The van der Waals surface area contributed by atoms with Crippen LogP contribution in [0.5, 0.6) is 0 Å². The summed E-state index contributed by atoms with van der Waals surface area (Å²) in [5.41, 5.74) is 0. The number of rotatable bonds is 8. The van der Waals surface area contributed by atoms with E-state index in [1.54, 1.807) is 0 Å². The molecule has 2 fully saturated rings. The highest BCUT2D eigenvalue weighted by Gasteiger charge is 2.45. The molecule has 0 aromatic heterocycles. The number of carbonyl (C=O) groups excluding carboxylic acids is 3. The van der Waals surface area contributed by atoms with Gasteiger partial charge in [0, 0.05) is 17.4 Å². The second-order valence-electron chi connectivity index (χ2n) is 6.34. The molecule has 9 heteroatoms. The minimum atomic E-state index is -1.22. The molecule has 1 spiro atoms. The predicted octanol–water partition coefficient (Wildman–Crippen LogP) is 1.02. The van der Waals surface area contributed by atoms with Crippen molar-refractivity contribution in [3.8, 4) is 0 Å². The van der Waals surface area contributed by atoms with Crippen LogP contribution in [0, 0.1) is 5.92 Å². The quantitative estimate of drug-likeness (QED) is 0.532. The molecule has 2 rings (SSSR count). The zero-order chi connectivity index (χ0) is 18.4. The summed E-state index contributed by atoms with van der Waals surface area (Å²) in [6.07, 6.45) is 3.57. The fraction of sp³-hybridized carbons (Fsp3) is 0.750. The molecule has 1 saturated carbocycles. The van der Waals surface area contributed by atoms with Gasteiger partial charge >= 0.3 is 5.97 Å². The zero-order valence-corrected chi connectivity index (χ0v) is 15.8. The topological polar surface area (TPSA) is 113 Å². The van der Waals surface area contributed by atoms with E-state index in [1.165, 1.54) is 0 Å². The van der Waals surface area contributed by atoms with Crippen molar-refractivity contribution in [1.82, 2.24) is 10.6 Å². The van der Waals surface area contributed by atoms with Crippen LogP contribution in [0.15, 0.2) is 0 Å². The van der Waals surface area contributed by atoms with E-state index in [0.29, 0.717) is 12.8 Å². The SMILES string of the molecule is CCCC(NC(=O)[C@H]1CCC2(C1)SCCS2)C(=O)C(=O)NCC(=O)O. The third-order valence-electron chi connectivity index (χ3n) is 4.45. The number of ketones is 1. The van der Waals surface area contributed by atoms with Crippen LogP contribution in [0.1, 0.15) is 39.0 Å². The number of thioether (sulfide) groups is 2. The summed E-state index contributed by atoms with van der Waals surface area (Å²) >= 11 is 3.84. The highest BCUT2D eigenvalue weighted by molar-refractivity contribution is 8.21. The van der Waals surface area contributed by atoms with E-state index in [-0.39, 0.29) is 15.9 Å². The van der Waals surface area contributed by atoms with Crippen LogP contribution in [0.3, 0.4) is 0 Å². The Hall–Kier alpha value is -1.22. The summed E-state index contributed by atoms with van der Waals surface area (Å²) in [5.74, 6) is -1.06. The molecule has 0 radical (unpaired) electrons. The molecule has 1 unspecified atom stereocenters. The third kappa shape index (κ3) is 5.37. The van der Waals surface area contributed by atoms with Gasteiger partial charge in [0.25, 0.3) is 5.91 Å². The van der Waals surface area contributed by atoms with Crippen molar-refractivity contribution in [2.75, 3.05) is 18.1 Å². The van der Waals surface area contributed by atoms with Crippen molar-refractivity contribution in [3.63, 3.8) is 0 Å². The van der Waals surface area contributed by atoms with Crippen LogP contribution in [0.25, 0.3) is 0 Å². The van der Waals surface area contributed by atoms with E-state index < -0.39 is 30.2 Å². The number of Topliss-reactive ketones (excluding diaryl/α,β-unsaturated/α-hetero) is 1. The summed E-state index contributed by atoms with van der Waals surface area (Å²) in [5, 5.41) is 13.4. The number of hydrogen-bond donors (Lipinski definition) is 3. The summed E-state index contributed by atoms with van der Waals surface area (Å²) in [6, 6.07) is -0.897. The molecule has 0 bridgehead atoms. The van der Waals surface area contributed by atoms with Gasteiger partial charge < -0.3 is 15.7 Å². The van der Waals surface area contributed by atoms with E-state index in [0.717, 1.165) is 30.8 Å². The van der Waals surface area contributed by atoms with Gasteiger partial charge in [0.1, 0.15) is 6.54 Å². The van der Waals surface area contributed by atoms with Gasteiger partial charge in [-0.3, -0.25) is 19.2 Å². The van der Waals surface area contributed by atoms with E-state index in [4.69, 9.17) is 5.11 Å². The number of aliphatic carboxylic acids is 1. The Morgan fingerprint density at radius 2 is 1.92 bits per heavy atom. The van der Waals surface area contributed by atoms with Gasteiger partial charge in [-0.05, 0) is 25.7 Å². The zero-order valence-electron chi connectivity index (χ0n) is 14.2. The first-order valence-corrected chi connectivity index (χ1v) is 10.5. The van der Waals surface area contributed by atoms with Crippen LogP contribution >= 0.6 is 23.5 Å². The summed E-state index contributed by atoms with van der Waals surface area (Å²) in [4.78, 5) is 47.1. The first-order chi connectivity index (χ1) is 11.9. The second-order valence-corrected chi connectivity index (χ2v) is 9.55. The minimum Gasteiger partial charge on any atom is -0.480 e. The lowest BCUT2D eigenvalue weighted by atomic mass is 10.0. The summed E-state index contributed by atoms with van der Waals surface area (Å²) < 4.78 is 0.144. The first-order valence-electron chi connectivity index (χ1n) is 8.49. The van der Waals surface area contributed by atoms with Gasteiger partial charge in [-0.1, -0.05) is 13.3 Å². The van der Waals surface area contributed by atoms with Crippen LogP contribution in [0.4, 0.5) is 0 Å². The fourth-order valence-electron chi connectivity index (χ4n) is 3.20. The first kappa shape index (κ1) is 20.1. The Labute approximate surface area is 155 Å². The molecule has 1 saturated heterocycles. The molecule has 1 heterocycles. The average molecular weight is 389 g/mol. The smallest absolute Gasteiger partial charge is 0.322 e. The molecule has 2 amide bonds. The van der Waals surface area contributed by atoms with Crippen molar-refractivity contribution < 1.29 is 24.3 Å². The third-order valence-corrected chi connectivity index (χ3v) is 8.03. The van der Waals surface area contributed by atoms with Crippen molar-refractivity contribution in [2.24, 2.45) is 5.92 Å². The fourth-order valence-corrected chi connectivity index (χ4v) is 6.61. The van der Waals surface area contributed by atoms with E-state index in [2.05, 4.69) is 10.6 Å². The molecule has 1 aliphatic carbocycles. The predicted molar refractivity (Wildman–Crippen MR) is 97.5 cm³/mol. The standard InChI is InChI=1S/C16H24N2O5S2/c1-2-3-11(13(21)15(23)17-9-12(19)20)18-14(22)10-4-5-16(8-10)24-6-7-25-16/h10-11H,2-9H2,1H3,(H,17,23)(H,18,22)(H,19,20)/t10-,11?/m0/s1. The molecular weight excluding hydrogens is 364 g/mol. The molecule has 25 heavy (non-hydrogen) atoms. The number of hydrogen-bond acceptors (Lipinski definition) is 6. The Balaban J connectivity index is 1.91. The number of amides is 2. The van der Waals surface area contributed by atoms with E-state index >= 15 is 0 Å². The van der Waals surface area contributed by atoms with Crippen LogP contribution in [-0.4, -0.2) is 56.8 Å². The van der Waals surface area contributed by atoms with Gasteiger partial charge in [0.05, 0.1) is 10.1 Å². The van der Waals surface area contributed by atoms with Gasteiger partial charge in [-0.2, -0.15) is 0 Å². The number of nitrogens with one attached hydrogen (secondary N) is 2. The Kier molecular flexibility index (Phi) is 7.18. The maximum Gasteiger partial charge on any atom is 0.322 e. The van der Waals surface area contributed by atoms with Crippen molar-refractivity contribution in [1.29, 1.82) is 0 Å². The molecule has 7 nitrogen and oxygen atoms in total. The monoisotopic (exact) mass is 388 g/mol. The lowest BCUT2D eigenvalue weighted by molar-refractivity contribution is -0.143. The Morgan fingerprint density at radius 1 is 1.24 bits per heavy atom.